The van der Waals surface area contributed by atoms with Crippen LogP contribution in [0.1, 0.15) is 30.0 Å². The van der Waals surface area contributed by atoms with E-state index >= 15 is 0 Å². The summed E-state index contributed by atoms with van der Waals surface area (Å²) in [4.78, 5) is 19.4. The van der Waals surface area contributed by atoms with Crippen molar-refractivity contribution in [2.45, 2.75) is 32.0 Å². The molecule has 9 heteroatoms. The van der Waals surface area contributed by atoms with Crippen LogP contribution < -0.4 is 4.90 Å². The number of rotatable bonds is 6. The van der Waals surface area contributed by atoms with Gasteiger partial charge in [-0.2, -0.15) is 0 Å². The number of fused-ring (bicyclic) bond motifs is 1. The number of nitrogens with zero attached hydrogens (tertiary/aromatic N) is 6. The van der Waals surface area contributed by atoms with E-state index in [-0.39, 0.29) is 12.4 Å². The lowest BCUT2D eigenvalue weighted by Crippen LogP contribution is -2.37. The number of hydrogen-bond acceptors (Lipinski definition) is 7. The van der Waals surface area contributed by atoms with Gasteiger partial charge in [0.05, 0.1) is 26.1 Å². The largest absolute Gasteiger partial charge is 0.392 e. The molecule has 2 saturated heterocycles. The van der Waals surface area contributed by atoms with Gasteiger partial charge in [-0.25, -0.2) is 19.3 Å². The number of anilines is 1. The van der Waals surface area contributed by atoms with Crippen LogP contribution in [0, 0.1) is 5.82 Å². The second-order valence-electron chi connectivity index (χ2n) is 9.79. The van der Waals surface area contributed by atoms with E-state index in [1.54, 1.807) is 0 Å². The maximum Gasteiger partial charge on any atom is 0.166 e. The molecular formula is C28H31FN6O2. The van der Waals surface area contributed by atoms with Crippen LogP contribution in [-0.2, 0) is 17.9 Å². The molecule has 0 atom stereocenters. The summed E-state index contributed by atoms with van der Waals surface area (Å²) in [7, 11) is 0. The predicted molar refractivity (Wildman–Crippen MR) is 140 cm³/mol. The van der Waals surface area contributed by atoms with Gasteiger partial charge in [0.25, 0.3) is 0 Å². The fraction of sp³-hybridized carbons (Fsp3) is 0.393. The smallest absolute Gasteiger partial charge is 0.166 e. The molecule has 1 N–H and O–H groups in total. The fourth-order valence-electron chi connectivity index (χ4n) is 5.31. The molecule has 6 rings (SSSR count). The van der Waals surface area contributed by atoms with Crippen LogP contribution in [0.15, 0.2) is 54.9 Å². The maximum atomic E-state index is 13.3. The molecule has 2 aromatic carbocycles. The third kappa shape index (κ3) is 5.07. The Morgan fingerprint density at radius 1 is 0.946 bits per heavy atom. The number of morpholine rings is 1. The minimum atomic E-state index is -0.199. The van der Waals surface area contributed by atoms with Crippen LogP contribution >= 0.6 is 0 Å². The minimum absolute atomic E-state index is 0.0270. The summed E-state index contributed by atoms with van der Waals surface area (Å²) >= 11 is 0. The van der Waals surface area contributed by atoms with Crippen molar-refractivity contribution in [3.05, 3.63) is 71.8 Å². The third-order valence-corrected chi connectivity index (χ3v) is 7.35. The summed E-state index contributed by atoms with van der Waals surface area (Å²) in [5.41, 5.74) is 4.50. The second-order valence-corrected chi connectivity index (χ2v) is 9.79. The van der Waals surface area contributed by atoms with Gasteiger partial charge in [-0.3, -0.25) is 4.90 Å². The highest BCUT2D eigenvalue weighted by molar-refractivity contribution is 5.86. The number of halogens is 1. The van der Waals surface area contributed by atoms with Crippen molar-refractivity contribution < 1.29 is 14.2 Å². The molecule has 0 unspecified atom stereocenters. The molecule has 0 spiro atoms. The quantitative estimate of drug-likeness (QED) is 0.430. The highest BCUT2D eigenvalue weighted by atomic mass is 19.1. The summed E-state index contributed by atoms with van der Waals surface area (Å²) in [6, 6.07) is 14.8. The van der Waals surface area contributed by atoms with Gasteiger partial charge in [0.1, 0.15) is 5.82 Å². The molecule has 0 radical (unpaired) electrons. The minimum Gasteiger partial charge on any atom is -0.392 e. The third-order valence-electron chi connectivity index (χ3n) is 7.35. The molecule has 0 bridgehead atoms. The Labute approximate surface area is 215 Å². The van der Waals surface area contributed by atoms with Gasteiger partial charge >= 0.3 is 0 Å². The molecule has 2 aromatic heterocycles. The zero-order valence-corrected chi connectivity index (χ0v) is 20.8. The van der Waals surface area contributed by atoms with Crippen molar-refractivity contribution in [3.63, 3.8) is 0 Å². The van der Waals surface area contributed by atoms with Gasteiger partial charge in [-0.15, -0.1) is 0 Å². The van der Waals surface area contributed by atoms with E-state index in [4.69, 9.17) is 19.7 Å². The molecule has 4 heterocycles. The van der Waals surface area contributed by atoms with Crippen LogP contribution in [-0.4, -0.2) is 68.9 Å². The highest BCUT2D eigenvalue weighted by Crippen LogP contribution is 2.32. The van der Waals surface area contributed by atoms with Crippen LogP contribution in [0.2, 0.25) is 0 Å². The average Bonchev–Trinajstić information content (AvgIpc) is 3.39. The van der Waals surface area contributed by atoms with Crippen molar-refractivity contribution in [2.24, 2.45) is 0 Å². The van der Waals surface area contributed by atoms with E-state index in [1.165, 1.54) is 12.1 Å². The molecule has 2 aliphatic rings. The lowest BCUT2D eigenvalue weighted by Gasteiger charge is -2.32. The lowest BCUT2D eigenvalue weighted by atomic mass is 10.0. The number of likely N-dealkylation sites (tertiary alicyclic amines) is 1. The van der Waals surface area contributed by atoms with E-state index in [0.717, 1.165) is 79.2 Å². The summed E-state index contributed by atoms with van der Waals surface area (Å²) < 4.78 is 21.1. The van der Waals surface area contributed by atoms with E-state index in [9.17, 15) is 9.50 Å². The lowest BCUT2D eigenvalue weighted by molar-refractivity contribution is 0.122. The Bertz CT molecular complexity index is 1360. The average molecular weight is 503 g/mol. The first-order chi connectivity index (χ1) is 18.2. The Hall–Kier alpha value is -3.40. The Morgan fingerprint density at radius 3 is 2.49 bits per heavy atom. The number of piperidine rings is 1. The predicted octanol–water partition coefficient (Wildman–Crippen LogP) is 3.80. The Morgan fingerprint density at radius 2 is 1.73 bits per heavy atom. The number of benzene rings is 2. The fourth-order valence-corrected chi connectivity index (χ4v) is 5.31. The summed E-state index contributed by atoms with van der Waals surface area (Å²) in [5, 5.41) is 9.65. The van der Waals surface area contributed by atoms with Gasteiger partial charge in [-0.05, 0) is 42.2 Å². The first kappa shape index (κ1) is 24.0. The molecule has 192 valence electrons. The molecule has 8 nitrogen and oxygen atoms in total. The summed E-state index contributed by atoms with van der Waals surface area (Å²) in [6.45, 7) is 5.55. The van der Waals surface area contributed by atoms with Crippen molar-refractivity contribution in [2.75, 3.05) is 44.3 Å². The zero-order chi connectivity index (χ0) is 25.2. The van der Waals surface area contributed by atoms with E-state index in [0.29, 0.717) is 25.1 Å². The Kier molecular flexibility index (Phi) is 6.82. The van der Waals surface area contributed by atoms with E-state index in [1.807, 2.05) is 42.7 Å². The SMILES string of the molecule is OCc1cccc(-c2nc(N3CCOCC3)c3ncn(C4CCN(Cc5ccc(F)cc5)CC4)c3n2)c1. The Balaban J connectivity index is 1.30. The normalized spacial score (nSPS) is 17.5. The number of aliphatic hydroxyl groups excluding tert-OH is 1. The topological polar surface area (TPSA) is 79.5 Å². The van der Waals surface area contributed by atoms with Crippen molar-refractivity contribution in [1.82, 2.24) is 24.4 Å². The number of aromatic nitrogens is 4. The monoisotopic (exact) mass is 502 g/mol. The molecule has 2 aliphatic heterocycles. The van der Waals surface area contributed by atoms with Gasteiger partial charge in [0, 0.05) is 44.3 Å². The van der Waals surface area contributed by atoms with Crippen LogP contribution in [0.4, 0.5) is 10.2 Å². The molecule has 2 fully saturated rings. The van der Waals surface area contributed by atoms with Gasteiger partial charge < -0.3 is 19.3 Å². The molecule has 4 aromatic rings. The molecule has 37 heavy (non-hydrogen) atoms. The van der Waals surface area contributed by atoms with Crippen LogP contribution in [0.5, 0.6) is 0 Å². The first-order valence-electron chi connectivity index (χ1n) is 12.9. The van der Waals surface area contributed by atoms with E-state index < -0.39 is 0 Å². The van der Waals surface area contributed by atoms with Crippen molar-refractivity contribution in [3.8, 4) is 11.4 Å². The number of imidazole rings is 1. The summed E-state index contributed by atoms with van der Waals surface area (Å²) in [5.74, 6) is 1.28. The second kappa shape index (κ2) is 10.5. The van der Waals surface area contributed by atoms with Crippen molar-refractivity contribution in [1.29, 1.82) is 0 Å². The molecular weight excluding hydrogens is 471 g/mol. The molecule has 0 saturated carbocycles. The number of aliphatic hydroxyl groups is 1. The maximum absolute atomic E-state index is 13.3. The van der Waals surface area contributed by atoms with Gasteiger partial charge in [0.15, 0.2) is 22.8 Å². The van der Waals surface area contributed by atoms with Gasteiger partial charge in [-0.1, -0.05) is 30.3 Å². The highest BCUT2D eigenvalue weighted by Gasteiger charge is 2.26. The van der Waals surface area contributed by atoms with Gasteiger partial charge in [0.2, 0.25) is 0 Å². The standard InChI is InChI=1S/C28H31FN6O2/c29-23-6-4-20(5-7-23)17-33-10-8-24(9-11-33)35-19-30-25-27(34-12-14-37-15-13-34)31-26(32-28(25)35)22-3-1-2-21(16-22)18-36/h1-7,16,19,24,36H,8-15,17-18H2. The summed E-state index contributed by atoms with van der Waals surface area (Å²) in [6.07, 6.45) is 3.88. The van der Waals surface area contributed by atoms with Crippen LogP contribution in [0.25, 0.3) is 22.6 Å². The zero-order valence-electron chi connectivity index (χ0n) is 20.8. The number of hydrogen-bond donors (Lipinski definition) is 1. The van der Waals surface area contributed by atoms with E-state index in [2.05, 4.69) is 14.4 Å². The molecule has 0 aliphatic carbocycles. The van der Waals surface area contributed by atoms with Crippen molar-refractivity contribution >= 4 is 17.0 Å². The molecule has 0 amide bonds. The number of ether oxygens (including phenoxy) is 1. The van der Waals surface area contributed by atoms with Crippen LogP contribution in [0.3, 0.4) is 0 Å². The first-order valence-corrected chi connectivity index (χ1v) is 12.9.